The number of unbranched alkanes of at least 4 members (excludes halogenated alkanes) is 26. The molecule has 0 saturated carbocycles. The van der Waals surface area contributed by atoms with E-state index >= 15 is 0 Å². The summed E-state index contributed by atoms with van der Waals surface area (Å²) >= 11 is 0. The monoisotopic (exact) mass is 695 g/mol. The van der Waals surface area contributed by atoms with Crippen LogP contribution in [0.3, 0.4) is 0 Å². The van der Waals surface area contributed by atoms with Gasteiger partial charge in [0.2, 0.25) is 0 Å². The molecule has 0 aliphatic heterocycles. The number of amidine groups is 1. The molecule has 1 aromatic rings. The molecule has 1 atom stereocenters. The summed E-state index contributed by atoms with van der Waals surface area (Å²) in [5.74, 6) is 0.842. The van der Waals surface area contributed by atoms with Crippen LogP contribution in [0, 0.1) is 5.41 Å². The Morgan fingerprint density at radius 1 is 0.521 bits per heavy atom. The molecule has 0 amide bonds. The molecule has 0 aliphatic carbocycles. The molecule has 0 bridgehead atoms. The lowest BCUT2D eigenvalue weighted by Gasteiger charge is -2.19. The van der Waals surface area contributed by atoms with Crippen LogP contribution in [0.5, 0.6) is 5.75 Å². The third kappa shape index (κ3) is 30.7. The lowest BCUT2D eigenvalue weighted by molar-refractivity contribution is -0.0389. The zero-order chi connectivity index (χ0) is 33.9. The highest BCUT2D eigenvalue weighted by Gasteiger charge is 2.11. The minimum absolute atomic E-state index is 0. The Balaban J connectivity index is 0.0000221. The van der Waals surface area contributed by atoms with E-state index in [-0.39, 0.29) is 24.3 Å². The van der Waals surface area contributed by atoms with Crippen molar-refractivity contribution in [3.8, 4) is 5.75 Å². The van der Waals surface area contributed by atoms with E-state index in [0.29, 0.717) is 18.8 Å². The van der Waals surface area contributed by atoms with Crippen LogP contribution in [0.1, 0.15) is 199 Å². The molecule has 0 fully saturated rings. The van der Waals surface area contributed by atoms with Crippen molar-refractivity contribution < 1.29 is 14.2 Å². The Hall–Kier alpha value is -1.30. The Morgan fingerprint density at radius 2 is 0.875 bits per heavy atom. The van der Waals surface area contributed by atoms with Crippen LogP contribution < -0.4 is 10.5 Å². The lowest BCUT2D eigenvalue weighted by Crippen LogP contribution is -2.28. The fourth-order valence-electron chi connectivity index (χ4n) is 6.22. The highest BCUT2D eigenvalue weighted by Crippen LogP contribution is 2.16. The molecule has 1 rings (SSSR count). The zero-order valence-corrected chi connectivity index (χ0v) is 32.5. The zero-order valence-electron chi connectivity index (χ0n) is 31.7. The maximum atomic E-state index is 7.59. The SMILES string of the molecule is CCCCCCCCCCCCCCCCOCC(COc1ccc(C(=N)N)cc1)OCCCCCCCCCCCCCCCC.Cl. The summed E-state index contributed by atoms with van der Waals surface area (Å²) < 4.78 is 18.4. The van der Waals surface area contributed by atoms with Crippen molar-refractivity contribution in [3.05, 3.63) is 29.8 Å². The van der Waals surface area contributed by atoms with Gasteiger partial charge in [0.1, 0.15) is 24.3 Å². The van der Waals surface area contributed by atoms with Gasteiger partial charge in [0.05, 0.1) is 6.61 Å². The molecule has 5 nitrogen and oxygen atoms in total. The van der Waals surface area contributed by atoms with Gasteiger partial charge >= 0.3 is 0 Å². The first-order valence-electron chi connectivity index (χ1n) is 20.4. The average molecular weight is 696 g/mol. The molecule has 0 aromatic heterocycles. The molecule has 0 spiro atoms. The summed E-state index contributed by atoms with van der Waals surface area (Å²) in [6.45, 7) is 7.18. The summed E-state index contributed by atoms with van der Waals surface area (Å²) in [7, 11) is 0. The third-order valence-electron chi connectivity index (χ3n) is 9.40. The van der Waals surface area contributed by atoms with Crippen LogP contribution >= 0.6 is 12.4 Å². The van der Waals surface area contributed by atoms with Gasteiger partial charge in [-0.25, -0.2) is 0 Å². The molecule has 0 heterocycles. The second-order valence-corrected chi connectivity index (χ2v) is 14.0. The smallest absolute Gasteiger partial charge is 0.122 e. The Bertz CT molecular complexity index is 792. The molecule has 3 N–H and O–H groups in total. The van der Waals surface area contributed by atoms with Crippen LogP contribution in [0.4, 0.5) is 0 Å². The molecule has 48 heavy (non-hydrogen) atoms. The molecular formula is C42H79ClN2O3. The summed E-state index contributed by atoms with van der Waals surface area (Å²) in [6.07, 6.45) is 38.2. The second-order valence-electron chi connectivity index (χ2n) is 14.0. The van der Waals surface area contributed by atoms with E-state index in [1.54, 1.807) is 0 Å². The van der Waals surface area contributed by atoms with E-state index in [1.807, 2.05) is 24.3 Å². The van der Waals surface area contributed by atoms with E-state index in [4.69, 9.17) is 25.4 Å². The van der Waals surface area contributed by atoms with Crippen molar-refractivity contribution in [1.29, 1.82) is 5.41 Å². The molecule has 282 valence electrons. The summed E-state index contributed by atoms with van der Waals surface area (Å²) in [4.78, 5) is 0. The maximum Gasteiger partial charge on any atom is 0.122 e. The molecule has 1 aromatic carbocycles. The summed E-state index contributed by atoms with van der Waals surface area (Å²) in [5.41, 5.74) is 6.30. The molecule has 0 aliphatic rings. The van der Waals surface area contributed by atoms with Crippen molar-refractivity contribution in [2.45, 2.75) is 200 Å². The van der Waals surface area contributed by atoms with Crippen molar-refractivity contribution in [3.63, 3.8) is 0 Å². The summed E-state index contributed by atoms with van der Waals surface area (Å²) in [5, 5.41) is 7.59. The number of benzene rings is 1. The third-order valence-corrected chi connectivity index (χ3v) is 9.40. The fraction of sp³-hybridized carbons (Fsp3) is 0.833. The molecule has 6 heteroatoms. The van der Waals surface area contributed by atoms with Crippen LogP contribution in [0.15, 0.2) is 24.3 Å². The topological polar surface area (TPSA) is 77.6 Å². The van der Waals surface area contributed by atoms with Crippen LogP contribution in [-0.2, 0) is 9.47 Å². The molecule has 1 unspecified atom stereocenters. The largest absolute Gasteiger partial charge is 0.491 e. The summed E-state index contributed by atoms with van der Waals surface area (Å²) in [6, 6.07) is 7.40. The van der Waals surface area contributed by atoms with Gasteiger partial charge in [-0.3, -0.25) is 5.41 Å². The maximum absolute atomic E-state index is 7.59. The second kappa shape index (κ2) is 37.0. The average Bonchev–Trinajstić information content (AvgIpc) is 3.08. The van der Waals surface area contributed by atoms with Gasteiger partial charge in [-0.15, -0.1) is 12.4 Å². The minimum atomic E-state index is -0.0731. The van der Waals surface area contributed by atoms with E-state index < -0.39 is 0 Å². The first-order chi connectivity index (χ1) is 23.2. The predicted octanol–water partition coefficient (Wildman–Crippen LogP) is 13.1. The van der Waals surface area contributed by atoms with Gasteiger partial charge in [-0.05, 0) is 37.1 Å². The highest BCUT2D eigenvalue weighted by molar-refractivity contribution is 5.94. The highest BCUT2D eigenvalue weighted by atomic mass is 35.5. The van der Waals surface area contributed by atoms with Crippen molar-refractivity contribution >= 4 is 18.2 Å². The lowest BCUT2D eigenvalue weighted by atomic mass is 10.0. The van der Waals surface area contributed by atoms with Crippen LogP contribution in [-0.4, -0.2) is 38.4 Å². The minimum Gasteiger partial charge on any atom is -0.491 e. The number of nitrogen functional groups attached to an aromatic ring is 1. The van der Waals surface area contributed by atoms with Gasteiger partial charge in [0.15, 0.2) is 0 Å². The number of hydrogen-bond donors (Lipinski definition) is 2. The number of rotatable bonds is 37. The Labute approximate surface area is 304 Å². The first kappa shape index (κ1) is 46.7. The fourth-order valence-corrected chi connectivity index (χ4v) is 6.22. The predicted molar refractivity (Wildman–Crippen MR) is 211 cm³/mol. The van der Waals surface area contributed by atoms with Gasteiger partial charge in [0.25, 0.3) is 0 Å². The Kier molecular flexibility index (Phi) is 36.0. The van der Waals surface area contributed by atoms with E-state index in [9.17, 15) is 0 Å². The molecular weight excluding hydrogens is 616 g/mol. The van der Waals surface area contributed by atoms with E-state index in [2.05, 4.69) is 13.8 Å². The van der Waals surface area contributed by atoms with Crippen molar-refractivity contribution in [1.82, 2.24) is 0 Å². The van der Waals surface area contributed by atoms with Crippen molar-refractivity contribution in [2.24, 2.45) is 5.73 Å². The van der Waals surface area contributed by atoms with Crippen LogP contribution in [0.2, 0.25) is 0 Å². The molecule has 0 radical (unpaired) electrons. The van der Waals surface area contributed by atoms with E-state index in [0.717, 1.165) is 31.8 Å². The van der Waals surface area contributed by atoms with Gasteiger partial charge in [-0.2, -0.15) is 0 Å². The number of hydrogen-bond acceptors (Lipinski definition) is 4. The first-order valence-corrected chi connectivity index (χ1v) is 20.4. The number of nitrogens with two attached hydrogens (primary N) is 1. The normalized spacial score (nSPS) is 11.8. The standard InChI is InChI=1S/C42H78N2O3.ClH/c1-3-5-7-9-11-13-15-17-19-21-23-25-27-29-35-45-37-41(38-47-40-33-31-39(32-34-40)42(43)44)46-36-30-28-26-24-22-20-18-16-14-12-10-8-6-4-2;/h31-34,41H,3-30,35-38H2,1-2H3,(H3,43,44);1H. The van der Waals surface area contributed by atoms with E-state index in [1.165, 1.54) is 167 Å². The number of ether oxygens (including phenoxy) is 3. The Morgan fingerprint density at radius 3 is 1.25 bits per heavy atom. The van der Waals surface area contributed by atoms with Gasteiger partial charge in [-0.1, -0.05) is 181 Å². The van der Waals surface area contributed by atoms with Gasteiger partial charge < -0.3 is 19.9 Å². The van der Waals surface area contributed by atoms with Gasteiger partial charge in [0, 0.05) is 18.8 Å². The number of nitrogens with one attached hydrogen (secondary N) is 1. The quantitative estimate of drug-likeness (QED) is 0.0413. The van der Waals surface area contributed by atoms with Crippen LogP contribution in [0.25, 0.3) is 0 Å². The molecule has 0 saturated heterocycles. The van der Waals surface area contributed by atoms with Crippen molar-refractivity contribution in [2.75, 3.05) is 26.4 Å². The number of halogens is 1.